The van der Waals surface area contributed by atoms with Crippen molar-refractivity contribution in [3.63, 3.8) is 0 Å². The Balaban J connectivity index is 1.68. The number of aryl methyl sites for hydroxylation is 2. The first-order valence-corrected chi connectivity index (χ1v) is 10.4. The number of hydrogen-bond acceptors (Lipinski definition) is 4. The van der Waals surface area contributed by atoms with Gasteiger partial charge in [-0.05, 0) is 57.7 Å². The number of pyridine rings is 1. The summed E-state index contributed by atoms with van der Waals surface area (Å²) in [6.45, 7) is 6.36. The highest BCUT2D eigenvalue weighted by Crippen LogP contribution is 2.39. The molecule has 2 amide bonds. The van der Waals surface area contributed by atoms with Crippen LogP contribution >= 0.6 is 0 Å². The predicted octanol–water partition coefficient (Wildman–Crippen LogP) is 3.10. The number of hydrogen-bond donors (Lipinski definition) is 0. The zero-order valence-electron chi connectivity index (χ0n) is 17.5. The van der Waals surface area contributed by atoms with Crippen LogP contribution in [-0.2, 0) is 9.53 Å². The van der Waals surface area contributed by atoms with E-state index in [2.05, 4.69) is 11.1 Å². The largest absolute Gasteiger partial charge is 0.383 e. The SMILES string of the molecule is COCCN1CCCC2(CCCN2C(=O)c2cc3cc(C)ccc3nc2C)C1=O. The molecule has 0 radical (unpaired) electrons. The number of amides is 2. The summed E-state index contributed by atoms with van der Waals surface area (Å²) >= 11 is 0. The van der Waals surface area contributed by atoms with Gasteiger partial charge in [-0.25, -0.2) is 0 Å². The van der Waals surface area contributed by atoms with Crippen molar-refractivity contribution in [1.82, 2.24) is 14.8 Å². The van der Waals surface area contributed by atoms with Gasteiger partial charge in [0.15, 0.2) is 0 Å². The number of benzene rings is 1. The smallest absolute Gasteiger partial charge is 0.256 e. The molecule has 1 atom stereocenters. The van der Waals surface area contributed by atoms with E-state index in [1.165, 1.54) is 0 Å². The summed E-state index contributed by atoms with van der Waals surface area (Å²) in [6, 6.07) is 8.01. The number of aromatic nitrogens is 1. The second kappa shape index (κ2) is 7.75. The maximum atomic E-state index is 13.6. The fourth-order valence-corrected chi connectivity index (χ4v) is 4.89. The Labute approximate surface area is 171 Å². The monoisotopic (exact) mass is 395 g/mol. The Hall–Kier alpha value is -2.47. The van der Waals surface area contributed by atoms with Crippen molar-refractivity contribution in [3.05, 3.63) is 41.1 Å². The second-order valence-corrected chi connectivity index (χ2v) is 8.30. The van der Waals surface area contributed by atoms with Gasteiger partial charge in [0, 0.05) is 32.1 Å². The third kappa shape index (κ3) is 3.39. The van der Waals surface area contributed by atoms with E-state index in [0.717, 1.165) is 48.7 Å². The lowest BCUT2D eigenvalue weighted by Crippen LogP contribution is -2.61. The van der Waals surface area contributed by atoms with E-state index in [1.807, 2.05) is 41.8 Å². The highest BCUT2D eigenvalue weighted by molar-refractivity contribution is 6.02. The highest BCUT2D eigenvalue weighted by atomic mass is 16.5. The van der Waals surface area contributed by atoms with E-state index in [1.54, 1.807) is 7.11 Å². The van der Waals surface area contributed by atoms with Gasteiger partial charge in [-0.3, -0.25) is 14.6 Å². The van der Waals surface area contributed by atoms with E-state index >= 15 is 0 Å². The Kier molecular flexibility index (Phi) is 5.30. The zero-order chi connectivity index (χ0) is 20.6. The molecule has 0 aliphatic carbocycles. The molecule has 2 fully saturated rings. The van der Waals surface area contributed by atoms with Crippen LogP contribution in [0, 0.1) is 13.8 Å². The van der Waals surface area contributed by atoms with Crippen molar-refractivity contribution < 1.29 is 14.3 Å². The fraction of sp³-hybridized carbons (Fsp3) is 0.522. The molecule has 2 aliphatic heterocycles. The van der Waals surface area contributed by atoms with Crippen LogP contribution in [0.2, 0.25) is 0 Å². The summed E-state index contributed by atoms with van der Waals surface area (Å²) in [5.41, 5.74) is 2.63. The Morgan fingerprint density at radius 1 is 1.17 bits per heavy atom. The lowest BCUT2D eigenvalue weighted by atomic mass is 9.85. The number of nitrogens with zero attached hydrogens (tertiary/aromatic N) is 3. The van der Waals surface area contributed by atoms with Gasteiger partial charge < -0.3 is 14.5 Å². The highest BCUT2D eigenvalue weighted by Gasteiger charge is 2.52. The van der Waals surface area contributed by atoms with Crippen molar-refractivity contribution in [2.24, 2.45) is 0 Å². The molecule has 1 aromatic heterocycles. The lowest BCUT2D eigenvalue weighted by molar-refractivity contribution is -0.146. The van der Waals surface area contributed by atoms with Crippen LogP contribution in [0.1, 0.15) is 47.3 Å². The summed E-state index contributed by atoms with van der Waals surface area (Å²) in [5, 5.41) is 0.962. The fourth-order valence-electron chi connectivity index (χ4n) is 4.89. The van der Waals surface area contributed by atoms with Gasteiger partial charge in [-0.15, -0.1) is 0 Å². The Morgan fingerprint density at radius 2 is 1.93 bits per heavy atom. The molecule has 4 rings (SSSR count). The number of carbonyl (C=O) groups is 2. The van der Waals surface area contributed by atoms with E-state index in [0.29, 0.717) is 31.0 Å². The third-order valence-corrected chi connectivity index (χ3v) is 6.39. The van der Waals surface area contributed by atoms with E-state index < -0.39 is 5.54 Å². The van der Waals surface area contributed by atoms with E-state index in [-0.39, 0.29) is 11.8 Å². The number of carbonyl (C=O) groups excluding carboxylic acids is 2. The van der Waals surface area contributed by atoms with Crippen molar-refractivity contribution in [1.29, 1.82) is 0 Å². The molecule has 2 saturated heterocycles. The summed E-state index contributed by atoms with van der Waals surface area (Å²) < 4.78 is 5.17. The normalized spacial score (nSPS) is 22.1. The first-order chi connectivity index (χ1) is 14.0. The standard InChI is InChI=1S/C23H29N3O3/c1-16-6-7-20-18(14-16)15-19(17(2)24-20)21(27)26-11-5-9-23(26)8-4-10-25(22(23)28)12-13-29-3/h6-7,14-15H,4-5,8-13H2,1-3H3. The zero-order valence-corrected chi connectivity index (χ0v) is 17.5. The number of fused-ring (bicyclic) bond motifs is 1. The molecule has 2 aliphatic rings. The number of methoxy groups -OCH3 is 1. The topological polar surface area (TPSA) is 62.7 Å². The summed E-state index contributed by atoms with van der Waals surface area (Å²) in [4.78, 5) is 35.4. The third-order valence-electron chi connectivity index (χ3n) is 6.39. The Morgan fingerprint density at radius 3 is 2.69 bits per heavy atom. The molecule has 1 spiro atoms. The number of likely N-dealkylation sites (tertiary alicyclic amines) is 2. The quantitative estimate of drug-likeness (QED) is 0.798. The molecule has 6 heteroatoms. The molecular formula is C23H29N3O3. The van der Waals surface area contributed by atoms with Gasteiger partial charge in [-0.2, -0.15) is 0 Å². The molecule has 6 nitrogen and oxygen atoms in total. The second-order valence-electron chi connectivity index (χ2n) is 8.30. The number of rotatable bonds is 4. The minimum absolute atomic E-state index is 0.0714. The number of piperidine rings is 1. The van der Waals surface area contributed by atoms with Crippen LogP contribution in [0.5, 0.6) is 0 Å². The molecule has 2 aromatic rings. The number of ether oxygens (including phenoxy) is 1. The minimum Gasteiger partial charge on any atom is -0.383 e. The summed E-state index contributed by atoms with van der Waals surface area (Å²) in [6.07, 6.45) is 3.24. The van der Waals surface area contributed by atoms with E-state index in [4.69, 9.17) is 4.74 Å². The predicted molar refractivity (Wildman–Crippen MR) is 112 cm³/mol. The van der Waals surface area contributed by atoms with Gasteiger partial charge in [0.2, 0.25) is 5.91 Å². The Bertz CT molecular complexity index is 958. The van der Waals surface area contributed by atoms with Gasteiger partial charge in [0.25, 0.3) is 5.91 Å². The summed E-state index contributed by atoms with van der Waals surface area (Å²) in [7, 11) is 1.65. The molecule has 3 heterocycles. The maximum absolute atomic E-state index is 13.6. The average molecular weight is 396 g/mol. The van der Waals surface area contributed by atoms with Crippen molar-refractivity contribution >= 4 is 22.7 Å². The van der Waals surface area contributed by atoms with E-state index in [9.17, 15) is 9.59 Å². The average Bonchev–Trinajstić information content (AvgIpc) is 3.13. The van der Waals surface area contributed by atoms with Crippen LogP contribution < -0.4 is 0 Å². The minimum atomic E-state index is -0.711. The molecule has 0 N–H and O–H groups in total. The van der Waals surface area contributed by atoms with Gasteiger partial charge >= 0.3 is 0 Å². The van der Waals surface area contributed by atoms with Crippen molar-refractivity contribution in [2.45, 2.75) is 45.1 Å². The molecular weight excluding hydrogens is 366 g/mol. The van der Waals surface area contributed by atoms with Crippen LogP contribution in [0.4, 0.5) is 0 Å². The molecule has 1 aromatic carbocycles. The molecule has 154 valence electrons. The molecule has 0 saturated carbocycles. The molecule has 29 heavy (non-hydrogen) atoms. The van der Waals surface area contributed by atoms with Gasteiger partial charge in [-0.1, -0.05) is 11.6 Å². The van der Waals surface area contributed by atoms with Gasteiger partial charge in [0.05, 0.1) is 23.4 Å². The van der Waals surface area contributed by atoms with Crippen molar-refractivity contribution in [3.8, 4) is 0 Å². The van der Waals surface area contributed by atoms with Crippen LogP contribution in [0.25, 0.3) is 10.9 Å². The maximum Gasteiger partial charge on any atom is 0.256 e. The first-order valence-electron chi connectivity index (χ1n) is 10.4. The van der Waals surface area contributed by atoms with Crippen molar-refractivity contribution in [2.75, 3.05) is 33.4 Å². The van der Waals surface area contributed by atoms with Crippen LogP contribution in [-0.4, -0.2) is 65.5 Å². The molecule has 0 bridgehead atoms. The lowest BCUT2D eigenvalue weighted by Gasteiger charge is -2.44. The van der Waals surface area contributed by atoms with Crippen LogP contribution in [0.15, 0.2) is 24.3 Å². The molecule has 1 unspecified atom stereocenters. The first kappa shape index (κ1) is 19.8. The van der Waals surface area contributed by atoms with Crippen LogP contribution in [0.3, 0.4) is 0 Å². The summed E-state index contributed by atoms with van der Waals surface area (Å²) in [5.74, 6) is 0.00624. The van der Waals surface area contributed by atoms with Gasteiger partial charge in [0.1, 0.15) is 5.54 Å².